The monoisotopic (exact) mass is 284 g/mol. The number of rotatable bonds is 5. The Labute approximate surface area is 122 Å². The van der Waals surface area contributed by atoms with E-state index in [1.807, 2.05) is 37.3 Å². The quantitative estimate of drug-likeness (QED) is 0.677. The predicted molar refractivity (Wildman–Crippen MR) is 80.2 cm³/mol. The molecule has 2 aromatic rings. The lowest BCUT2D eigenvalue weighted by Crippen LogP contribution is -2.34. The van der Waals surface area contributed by atoms with Gasteiger partial charge in [-0.1, -0.05) is 36.4 Å². The Kier molecular flexibility index (Phi) is 4.66. The Bertz CT molecular complexity index is 641. The van der Waals surface area contributed by atoms with Gasteiger partial charge in [-0.05, 0) is 25.0 Å². The number of nitrogens with zero attached hydrogens (tertiary/aromatic N) is 1. The number of carbonyl (C=O) groups excluding carboxylic acids is 1. The van der Waals surface area contributed by atoms with Crippen LogP contribution in [-0.4, -0.2) is 16.9 Å². The molecule has 0 saturated heterocycles. The van der Waals surface area contributed by atoms with Crippen molar-refractivity contribution in [2.24, 2.45) is 0 Å². The normalized spacial score (nSPS) is 11.7. The van der Waals surface area contributed by atoms with Gasteiger partial charge in [0.15, 0.2) is 0 Å². The summed E-state index contributed by atoms with van der Waals surface area (Å²) >= 11 is 0. The van der Waals surface area contributed by atoms with Crippen molar-refractivity contribution in [3.05, 3.63) is 75.8 Å². The zero-order valence-electron chi connectivity index (χ0n) is 11.7. The summed E-state index contributed by atoms with van der Waals surface area (Å²) in [5.74, 6) is -0.304. The van der Waals surface area contributed by atoms with E-state index in [1.165, 1.54) is 18.2 Å². The molecule has 0 aliphatic rings. The van der Waals surface area contributed by atoms with Gasteiger partial charge in [-0.15, -0.1) is 0 Å². The summed E-state index contributed by atoms with van der Waals surface area (Å²) in [5, 5.41) is 13.6. The molecule has 5 nitrogen and oxygen atoms in total. The lowest BCUT2D eigenvalue weighted by Gasteiger charge is -2.14. The van der Waals surface area contributed by atoms with Crippen LogP contribution in [-0.2, 0) is 6.42 Å². The Hall–Kier alpha value is -2.69. The van der Waals surface area contributed by atoms with Crippen LogP contribution in [0.5, 0.6) is 0 Å². The number of nitro groups is 1. The number of amides is 1. The molecule has 21 heavy (non-hydrogen) atoms. The second-order valence-corrected chi connectivity index (χ2v) is 4.87. The van der Waals surface area contributed by atoms with Crippen LogP contribution in [0.3, 0.4) is 0 Å². The van der Waals surface area contributed by atoms with E-state index >= 15 is 0 Å². The maximum absolute atomic E-state index is 12.1. The molecule has 1 amide bonds. The maximum Gasteiger partial charge on any atom is 0.270 e. The molecule has 0 aliphatic heterocycles. The van der Waals surface area contributed by atoms with Crippen molar-refractivity contribution < 1.29 is 9.72 Å². The number of nitrogens with one attached hydrogen (secondary N) is 1. The topological polar surface area (TPSA) is 72.2 Å². The highest BCUT2D eigenvalue weighted by Crippen LogP contribution is 2.13. The third kappa shape index (κ3) is 4.14. The standard InChI is InChI=1S/C16H16N2O3/c1-12(10-13-6-3-2-4-7-13)17-16(19)14-8-5-9-15(11-14)18(20)21/h2-9,11-12H,10H2,1H3,(H,17,19)/t12-/m0/s1. The van der Waals surface area contributed by atoms with Gasteiger partial charge in [0.1, 0.15) is 0 Å². The average molecular weight is 284 g/mol. The number of nitro benzene ring substituents is 1. The van der Waals surface area contributed by atoms with Crippen molar-refractivity contribution in [2.45, 2.75) is 19.4 Å². The van der Waals surface area contributed by atoms with E-state index < -0.39 is 4.92 Å². The zero-order chi connectivity index (χ0) is 15.2. The van der Waals surface area contributed by atoms with Gasteiger partial charge in [0.25, 0.3) is 11.6 Å². The van der Waals surface area contributed by atoms with Crippen molar-refractivity contribution in [2.75, 3.05) is 0 Å². The fourth-order valence-corrected chi connectivity index (χ4v) is 2.09. The van der Waals surface area contributed by atoms with Gasteiger partial charge in [-0.25, -0.2) is 0 Å². The van der Waals surface area contributed by atoms with E-state index in [0.717, 1.165) is 5.56 Å². The highest BCUT2D eigenvalue weighted by molar-refractivity contribution is 5.94. The van der Waals surface area contributed by atoms with Gasteiger partial charge >= 0.3 is 0 Å². The maximum atomic E-state index is 12.1. The molecule has 0 spiro atoms. The molecule has 0 fully saturated rings. The van der Waals surface area contributed by atoms with E-state index in [2.05, 4.69) is 5.32 Å². The Balaban J connectivity index is 2.01. The molecule has 2 aromatic carbocycles. The molecule has 0 aromatic heterocycles. The minimum absolute atomic E-state index is 0.0563. The highest BCUT2D eigenvalue weighted by atomic mass is 16.6. The van der Waals surface area contributed by atoms with Crippen LogP contribution in [0.15, 0.2) is 54.6 Å². The predicted octanol–water partition coefficient (Wildman–Crippen LogP) is 2.96. The van der Waals surface area contributed by atoms with Gasteiger partial charge in [-0.2, -0.15) is 0 Å². The van der Waals surface area contributed by atoms with Crippen molar-refractivity contribution >= 4 is 11.6 Å². The fraction of sp³-hybridized carbons (Fsp3) is 0.188. The molecular formula is C16H16N2O3. The average Bonchev–Trinajstić information content (AvgIpc) is 2.48. The third-order valence-corrected chi connectivity index (χ3v) is 3.08. The fourth-order valence-electron chi connectivity index (χ4n) is 2.09. The van der Waals surface area contributed by atoms with Gasteiger partial charge < -0.3 is 5.32 Å². The van der Waals surface area contributed by atoms with Crippen LogP contribution in [0.2, 0.25) is 0 Å². The smallest absolute Gasteiger partial charge is 0.270 e. The van der Waals surface area contributed by atoms with Crippen LogP contribution in [0.4, 0.5) is 5.69 Å². The molecule has 2 rings (SSSR count). The third-order valence-electron chi connectivity index (χ3n) is 3.08. The van der Waals surface area contributed by atoms with Gasteiger partial charge in [-0.3, -0.25) is 14.9 Å². The largest absolute Gasteiger partial charge is 0.349 e. The molecule has 0 bridgehead atoms. The molecule has 108 valence electrons. The first-order valence-electron chi connectivity index (χ1n) is 6.65. The summed E-state index contributed by atoms with van der Waals surface area (Å²) < 4.78 is 0. The molecule has 1 N–H and O–H groups in total. The summed E-state index contributed by atoms with van der Waals surface area (Å²) in [5.41, 5.74) is 1.34. The van der Waals surface area contributed by atoms with Crippen molar-refractivity contribution in [1.82, 2.24) is 5.32 Å². The lowest BCUT2D eigenvalue weighted by atomic mass is 10.1. The van der Waals surface area contributed by atoms with Crippen LogP contribution in [0, 0.1) is 10.1 Å². The SMILES string of the molecule is C[C@@H](Cc1ccccc1)NC(=O)c1cccc([N+](=O)[O-])c1. The molecule has 0 aliphatic carbocycles. The molecule has 0 unspecified atom stereocenters. The van der Waals surface area contributed by atoms with Crippen LogP contribution < -0.4 is 5.32 Å². The van der Waals surface area contributed by atoms with Crippen molar-refractivity contribution in [3.8, 4) is 0 Å². The van der Waals surface area contributed by atoms with Gasteiger partial charge in [0, 0.05) is 23.7 Å². The first-order chi connectivity index (χ1) is 10.1. The van der Waals surface area contributed by atoms with E-state index in [-0.39, 0.29) is 17.6 Å². The van der Waals surface area contributed by atoms with E-state index in [0.29, 0.717) is 12.0 Å². The molecular weight excluding hydrogens is 268 g/mol. The Morgan fingerprint density at radius 1 is 1.19 bits per heavy atom. The number of hydrogen-bond acceptors (Lipinski definition) is 3. The molecule has 5 heteroatoms. The van der Waals surface area contributed by atoms with E-state index in [1.54, 1.807) is 6.07 Å². The zero-order valence-corrected chi connectivity index (χ0v) is 11.7. The van der Waals surface area contributed by atoms with Crippen LogP contribution in [0.1, 0.15) is 22.8 Å². The number of hydrogen-bond donors (Lipinski definition) is 1. The molecule has 1 atom stereocenters. The summed E-state index contributed by atoms with van der Waals surface area (Å²) in [6.45, 7) is 1.91. The Morgan fingerprint density at radius 2 is 1.90 bits per heavy atom. The summed E-state index contributed by atoms with van der Waals surface area (Å²) in [6.07, 6.45) is 0.710. The van der Waals surface area contributed by atoms with E-state index in [4.69, 9.17) is 0 Å². The first kappa shape index (κ1) is 14.7. The summed E-state index contributed by atoms with van der Waals surface area (Å²) in [4.78, 5) is 22.3. The highest BCUT2D eigenvalue weighted by Gasteiger charge is 2.13. The first-order valence-corrected chi connectivity index (χ1v) is 6.65. The molecule has 0 saturated carbocycles. The minimum Gasteiger partial charge on any atom is -0.349 e. The van der Waals surface area contributed by atoms with E-state index in [9.17, 15) is 14.9 Å². The second kappa shape index (κ2) is 6.65. The van der Waals surface area contributed by atoms with Crippen LogP contribution in [0.25, 0.3) is 0 Å². The summed E-state index contributed by atoms with van der Waals surface area (Å²) in [7, 11) is 0. The minimum atomic E-state index is -0.510. The van der Waals surface area contributed by atoms with Crippen molar-refractivity contribution in [1.29, 1.82) is 0 Å². The number of non-ortho nitro benzene ring substituents is 1. The van der Waals surface area contributed by atoms with Gasteiger partial charge in [0.2, 0.25) is 0 Å². The molecule has 0 radical (unpaired) electrons. The van der Waals surface area contributed by atoms with Gasteiger partial charge in [0.05, 0.1) is 4.92 Å². The summed E-state index contributed by atoms with van der Waals surface area (Å²) in [6, 6.07) is 15.5. The van der Waals surface area contributed by atoms with Crippen molar-refractivity contribution in [3.63, 3.8) is 0 Å². The lowest BCUT2D eigenvalue weighted by molar-refractivity contribution is -0.384. The number of benzene rings is 2. The number of carbonyl (C=O) groups is 1. The Morgan fingerprint density at radius 3 is 2.57 bits per heavy atom. The second-order valence-electron chi connectivity index (χ2n) is 4.87. The van der Waals surface area contributed by atoms with Crippen LogP contribution >= 0.6 is 0 Å². The molecule has 0 heterocycles.